The first-order valence-electron chi connectivity index (χ1n) is 6.77. The summed E-state index contributed by atoms with van der Waals surface area (Å²) >= 11 is 0. The molecule has 0 saturated heterocycles. The number of pyridine rings is 1. The Hall–Kier alpha value is -2.62. The van der Waals surface area contributed by atoms with Crippen LogP contribution in [-0.4, -0.2) is 4.98 Å². The number of aromatic nitrogens is 1. The summed E-state index contributed by atoms with van der Waals surface area (Å²) in [6.07, 6.45) is 1.78. The van der Waals surface area contributed by atoms with E-state index in [1.807, 2.05) is 30.3 Å². The van der Waals surface area contributed by atoms with Crippen LogP contribution in [0, 0.1) is 12.7 Å². The van der Waals surface area contributed by atoms with Crippen LogP contribution >= 0.6 is 0 Å². The molecule has 3 nitrogen and oxygen atoms in total. The van der Waals surface area contributed by atoms with Gasteiger partial charge in [-0.25, -0.2) is 4.39 Å². The van der Waals surface area contributed by atoms with Gasteiger partial charge in [0.1, 0.15) is 5.82 Å². The third-order valence-electron chi connectivity index (χ3n) is 3.52. The minimum absolute atomic E-state index is 0.287. The molecule has 0 fully saturated rings. The second-order valence-corrected chi connectivity index (χ2v) is 5.03. The molecular weight excluding hydrogens is 265 g/mol. The number of nitrogens with zero attached hydrogens (tertiary/aromatic N) is 1. The lowest BCUT2D eigenvalue weighted by Crippen LogP contribution is -2.04. The van der Waals surface area contributed by atoms with Crippen molar-refractivity contribution < 1.29 is 4.39 Å². The van der Waals surface area contributed by atoms with Gasteiger partial charge in [0, 0.05) is 18.1 Å². The fourth-order valence-corrected chi connectivity index (χ4v) is 2.35. The van der Waals surface area contributed by atoms with Crippen molar-refractivity contribution in [1.82, 2.24) is 4.98 Å². The highest BCUT2D eigenvalue weighted by Crippen LogP contribution is 2.24. The van der Waals surface area contributed by atoms with Crippen molar-refractivity contribution in [2.24, 2.45) is 0 Å². The van der Waals surface area contributed by atoms with E-state index >= 15 is 0 Å². The fourth-order valence-electron chi connectivity index (χ4n) is 2.35. The van der Waals surface area contributed by atoms with Gasteiger partial charge in [-0.15, -0.1) is 0 Å². The molecule has 0 aliphatic rings. The number of fused-ring (bicyclic) bond motifs is 1. The number of hydrogen-bond acceptors (Lipinski definition) is 3. The third-order valence-corrected chi connectivity index (χ3v) is 3.52. The van der Waals surface area contributed by atoms with E-state index in [-0.39, 0.29) is 5.82 Å². The lowest BCUT2D eigenvalue weighted by atomic mass is 10.1. The largest absolute Gasteiger partial charge is 0.397 e. The van der Waals surface area contributed by atoms with Crippen molar-refractivity contribution in [2.75, 3.05) is 11.1 Å². The Morgan fingerprint density at radius 3 is 2.86 bits per heavy atom. The highest BCUT2D eigenvalue weighted by molar-refractivity contribution is 5.82. The quantitative estimate of drug-likeness (QED) is 0.716. The molecule has 0 radical (unpaired) electrons. The predicted octanol–water partition coefficient (Wildman–Crippen LogP) is 3.88. The van der Waals surface area contributed by atoms with Crippen LogP contribution in [0.5, 0.6) is 0 Å². The summed E-state index contributed by atoms with van der Waals surface area (Å²) in [5.41, 5.74) is 9.61. The molecule has 3 N–H and O–H groups in total. The van der Waals surface area contributed by atoms with E-state index in [0.717, 1.165) is 22.2 Å². The highest BCUT2D eigenvalue weighted by atomic mass is 19.1. The van der Waals surface area contributed by atoms with Crippen molar-refractivity contribution in [1.29, 1.82) is 0 Å². The number of rotatable bonds is 3. The first kappa shape index (κ1) is 13.4. The Balaban J connectivity index is 1.89. The number of aryl methyl sites for hydroxylation is 1. The van der Waals surface area contributed by atoms with Crippen LogP contribution in [0.25, 0.3) is 10.9 Å². The van der Waals surface area contributed by atoms with E-state index in [2.05, 4.69) is 10.3 Å². The van der Waals surface area contributed by atoms with Crippen molar-refractivity contribution >= 4 is 22.3 Å². The molecule has 2 aromatic carbocycles. The summed E-state index contributed by atoms with van der Waals surface area (Å²) in [6, 6.07) is 13.1. The number of nitrogens with two attached hydrogens (primary N) is 1. The maximum atomic E-state index is 13.4. The van der Waals surface area contributed by atoms with Gasteiger partial charge in [-0.3, -0.25) is 4.98 Å². The average Bonchev–Trinajstić information content (AvgIpc) is 2.49. The summed E-state index contributed by atoms with van der Waals surface area (Å²) in [5.74, 6) is -0.287. The summed E-state index contributed by atoms with van der Waals surface area (Å²) < 4.78 is 13.4. The van der Waals surface area contributed by atoms with Crippen LogP contribution in [0.3, 0.4) is 0 Å². The van der Waals surface area contributed by atoms with Gasteiger partial charge in [0.2, 0.25) is 0 Å². The van der Waals surface area contributed by atoms with Gasteiger partial charge in [-0.05, 0) is 36.2 Å². The molecule has 4 heteroatoms. The molecule has 0 bridgehead atoms. The number of para-hydroxylation sites is 1. The lowest BCUT2D eigenvalue weighted by molar-refractivity contribution is 0.619. The summed E-state index contributed by atoms with van der Waals surface area (Å²) in [5, 5.41) is 4.36. The first-order valence-corrected chi connectivity index (χ1v) is 6.77. The number of benzene rings is 2. The maximum absolute atomic E-state index is 13.4. The van der Waals surface area contributed by atoms with Crippen LogP contribution in [0.2, 0.25) is 0 Å². The number of halogens is 1. The van der Waals surface area contributed by atoms with Gasteiger partial charge in [-0.1, -0.05) is 24.3 Å². The van der Waals surface area contributed by atoms with Crippen LogP contribution in [0.15, 0.2) is 48.7 Å². The molecule has 0 aliphatic carbocycles. The topological polar surface area (TPSA) is 50.9 Å². The van der Waals surface area contributed by atoms with E-state index in [9.17, 15) is 4.39 Å². The van der Waals surface area contributed by atoms with Gasteiger partial charge in [0.15, 0.2) is 0 Å². The molecule has 0 aliphatic heterocycles. The van der Waals surface area contributed by atoms with Gasteiger partial charge in [-0.2, -0.15) is 0 Å². The van der Waals surface area contributed by atoms with Gasteiger partial charge in [0.25, 0.3) is 0 Å². The zero-order valence-corrected chi connectivity index (χ0v) is 11.7. The van der Waals surface area contributed by atoms with E-state index in [1.54, 1.807) is 19.2 Å². The SMILES string of the molecule is Cc1cc(NCc2cccc3cccnc23)c(N)cc1F. The van der Waals surface area contributed by atoms with E-state index in [1.165, 1.54) is 6.07 Å². The average molecular weight is 281 g/mol. The Labute approximate surface area is 122 Å². The number of nitrogen functional groups attached to an aromatic ring is 1. The van der Waals surface area contributed by atoms with Gasteiger partial charge < -0.3 is 11.1 Å². The smallest absolute Gasteiger partial charge is 0.128 e. The van der Waals surface area contributed by atoms with Crippen molar-refractivity contribution in [2.45, 2.75) is 13.5 Å². The monoisotopic (exact) mass is 281 g/mol. The molecule has 1 aromatic heterocycles. The molecule has 0 unspecified atom stereocenters. The van der Waals surface area contributed by atoms with E-state index < -0.39 is 0 Å². The Bertz CT molecular complexity index is 794. The Kier molecular flexibility index (Phi) is 3.44. The zero-order valence-electron chi connectivity index (χ0n) is 11.7. The Morgan fingerprint density at radius 2 is 2.00 bits per heavy atom. The first-order chi connectivity index (χ1) is 10.1. The second-order valence-electron chi connectivity index (χ2n) is 5.03. The fraction of sp³-hybridized carbons (Fsp3) is 0.118. The molecule has 106 valence electrons. The normalized spacial score (nSPS) is 10.8. The predicted molar refractivity (Wildman–Crippen MR) is 84.6 cm³/mol. The van der Waals surface area contributed by atoms with Crippen LogP contribution in [0.4, 0.5) is 15.8 Å². The van der Waals surface area contributed by atoms with Crippen LogP contribution < -0.4 is 11.1 Å². The molecule has 0 spiro atoms. The van der Waals surface area contributed by atoms with Crippen LogP contribution in [-0.2, 0) is 6.54 Å². The highest BCUT2D eigenvalue weighted by Gasteiger charge is 2.06. The summed E-state index contributed by atoms with van der Waals surface area (Å²) in [6.45, 7) is 2.31. The molecule has 0 atom stereocenters. The molecule has 1 heterocycles. The second kappa shape index (κ2) is 5.40. The Morgan fingerprint density at radius 1 is 1.19 bits per heavy atom. The van der Waals surface area contributed by atoms with Gasteiger partial charge >= 0.3 is 0 Å². The third kappa shape index (κ3) is 2.65. The molecule has 0 amide bonds. The molecular formula is C17H16FN3. The van der Waals surface area contributed by atoms with Gasteiger partial charge in [0.05, 0.1) is 16.9 Å². The minimum atomic E-state index is -0.287. The van der Waals surface area contributed by atoms with Crippen molar-refractivity contribution in [3.05, 3.63) is 65.6 Å². The number of anilines is 2. The van der Waals surface area contributed by atoms with E-state index in [4.69, 9.17) is 5.73 Å². The minimum Gasteiger partial charge on any atom is -0.397 e. The van der Waals surface area contributed by atoms with Crippen LogP contribution in [0.1, 0.15) is 11.1 Å². The zero-order chi connectivity index (χ0) is 14.8. The molecule has 3 rings (SSSR count). The molecule has 21 heavy (non-hydrogen) atoms. The number of hydrogen-bond donors (Lipinski definition) is 2. The van der Waals surface area contributed by atoms with Crippen molar-refractivity contribution in [3.63, 3.8) is 0 Å². The maximum Gasteiger partial charge on any atom is 0.128 e. The lowest BCUT2D eigenvalue weighted by Gasteiger charge is -2.12. The summed E-state index contributed by atoms with van der Waals surface area (Å²) in [4.78, 5) is 4.42. The standard InChI is InChI=1S/C17H16FN3/c1-11-8-16(15(19)9-14(11)18)21-10-13-5-2-4-12-6-3-7-20-17(12)13/h2-9,21H,10,19H2,1H3. The molecule has 3 aromatic rings. The summed E-state index contributed by atoms with van der Waals surface area (Å²) in [7, 11) is 0. The van der Waals surface area contributed by atoms with E-state index in [0.29, 0.717) is 17.8 Å². The number of nitrogens with one attached hydrogen (secondary N) is 1. The molecule has 0 saturated carbocycles. The van der Waals surface area contributed by atoms with Crippen molar-refractivity contribution in [3.8, 4) is 0 Å².